The van der Waals surface area contributed by atoms with Crippen molar-refractivity contribution >= 4 is 47.5 Å². The van der Waals surface area contributed by atoms with Crippen LogP contribution < -0.4 is 0 Å². The number of halogens is 2. The molecular formula is C36H42Cl2. The summed E-state index contributed by atoms with van der Waals surface area (Å²) >= 11 is 14.1. The van der Waals surface area contributed by atoms with Gasteiger partial charge in [-0.2, -0.15) is 0 Å². The highest BCUT2D eigenvalue weighted by atomic mass is 35.5. The molecule has 0 nitrogen and oxygen atoms in total. The van der Waals surface area contributed by atoms with Gasteiger partial charge in [0.2, 0.25) is 0 Å². The minimum Gasteiger partial charge on any atom is -0.0840 e. The van der Waals surface area contributed by atoms with Gasteiger partial charge in [-0.25, -0.2) is 0 Å². The van der Waals surface area contributed by atoms with Crippen molar-refractivity contribution in [1.82, 2.24) is 0 Å². The zero-order valence-corrected chi connectivity index (χ0v) is 24.3. The first-order valence-electron chi connectivity index (χ1n) is 15.7. The fraction of sp³-hybridized carbons (Fsp3) is 0.556. The lowest BCUT2D eigenvalue weighted by Gasteiger charge is -2.42. The summed E-state index contributed by atoms with van der Waals surface area (Å²) in [6.45, 7) is 0. The summed E-state index contributed by atoms with van der Waals surface area (Å²) in [7, 11) is 0. The zero-order valence-electron chi connectivity index (χ0n) is 22.7. The van der Waals surface area contributed by atoms with E-state index in [1.165, 1.54) is 123 Å². The van der Waals surface area contributed by atoms with E-state index in [9.17, 15) is 0 Å². The second kappa shape index (κ2) is 10.8. The van der Waals surface area contributed by atoms with Crippen LogP contribution >= 0.6 is 23.2 Å². The maximum Gasteiger partial charge on any atom is 0.0447 e. The molecule has 0 saturated heterocycles. The molecule has 6 atom stereocenters. The van der Waals surface area contributed by atoms with Gasteiger partial charge in [-0.05, 0) is 119 Å². The molecule has 0 N–H and O–H groups in total. The van der Waals surface area contributed by atoms with Crippen LogP contribution in [0.5, 0.6) is 0 Å². The molecule has 2 aromatic rings. The Kier molecular flexibility index (Phi) is 7.25. The van der Waals surface area contributed by atoms with Crippen LogP contribution in [0, 0.1) is 23.7 Å². The predicted molar refractivity (Wildman–Crippen MR) is 165 cm³/mol. The molecular weight excluding hydrogens is 503 g/mol. The maximum absolute atomic E-state index is 7.03. The van der Waals surface area contributed by atoms with E-state index in [-0.39, 0.29) is 0 Å². The summed E-state index contributed by atoms with van der Waals surface area (Å²) in [4.78, 5) is 0. The van der Waals surface area contributed by atoms with Gasteiger partial charge in [0, 0.05) is 10.0 Å². The van der Waals surface area contributed by atoms with E-state index in [1.807, 2.05) is 0 Å². The van der Waals surface area contributed by atoms with Crippen molar-refractivity contribution in [1.29, 1.82) is 0 Å². The SMILES string of the molecule is Clc1cc2c(cc1C1CCCC3CCCCC31)/C=C\c1cc(C3CCCC4CCCCC43)c(Cl)cc1C=C2. The van der Waals surface area contributed by atoms with Crippen molar-refractivity contribution < 1.29 is 0 Å². The molecule has 7 rings (SSSR count). The van der Waals surface area contributed by atoms with Crippen molar-refractivity contribution in [3.63, 3.8) is 0 Å². The van der Waals surface area contributed by atoms with Gasteiger partial charge in [-0.15, -0.1) is 0 Å². The Morgan fingerprint density at radius 3 is 1.24 bits per heavy atom. The smallest absolute Gasteiger partial charge is 0.0447 e. The first-order valence-corrected chi connectivity index (χ1v) is 16.4. The molecule has 0 heterocycles. The van der Waals surface area contributed by atoms with Crippen molar-refractivity contribution in [3.05, 3.63) is 67.7 Å². The summed E-state index contributed by atoms with van der Waals surface area (Å²) in [6, 6.07) is 9.34. The van der Waals surface area contributed by atoms with Crippen LogP contribution in [-0.2, 0) is 0 Å². The Hall–Kier alpha value is -1.50. The molecule has 0 amide bonds. The Balaban J connectivity index is 1.22. The van der Waals surface area contributed by atoms with Crippen LogP contribution in [0.4, 0.5) is 0 Å². The van der Waals surface area contributed by atoms with Crippen LogP contribution in [0.2, 0.25) is 10.0 Å². The van der Waals surface area contributed by atoms with Gasteiger partial charge < -0.3 is 0 Å². The first-order chi connectivity index (χ1) is 18.7. The van der Waals surface area contributed by atoms with Gasteiger partial charge in [0.25, 0.3) is 0 Å². The second-order valence-electron chi connectivity index (χ2n) is 13.2. The molecule has 2 heteroatoms. The molecule has 5 aliphatic carbocycles. The van der Waals surface area contributed by atoms with Gasteiger partial charge in [0.1, 0.15) is 0 Å². The van der Waals surface area contributed by atoms with Crippen LogP contribution in [-0.4, -0.2) is 0 Å². The maximum atomic E-state index is 7.03. The van der Waals surface area contributed by atoms with Gasteiger partial charge in [-0.3, -0.25) is 0 Å². The average Bonchev–Trinajstić information content (AvgIpc) is 2.94. The molecule has 0 aromatic heterocycles. The fourth-order valence-corrected chi connectivity index (χ4v) is 10.0. The fourth-order valence-electron chi connectivity index (χ4n) is 9.40. The van der Waals surface area contributed by atoms with Crippen molar-refractivity contribution in [2.45, 2.75) is 102 Å². The molecule has 6 unspecified atom stereocenters. The molecule has 4 fully saturated rings. The normalized spacial score (nSPS) is 33.2. The standard InChI is InChI=1S/C36H42Cl2/c37-35-21-27-17-18-28-22-36(38)34(32-14-6-10-24-8-2-4-12-30(24)32)20-26(28)16-15-25(27)19-33(35)31-13-5-9-23-7-1-3-11-29(23)31/h15-24,29-32H,1-14H2/b16-15-,18-17?,25-15?,26-16?,27-17?,28-18?. The van der Waals surface area contributed by atoms with Crippen LogP contribution in [0.15, 0.2) is 24.3 Å². The Morgan fingerprint density at radius 1 is 0.421 bits per heavy atom. The number of rotatable bonds is 2. The molecule has 200 valence electrons. The van der Waals surface area contributed by atoms with E-state index in [1.54, 1.807) is 0 Å². The Labute approximate surface area is 239 Å². The van der Waals surface area contributed by atoms with Crippen LogP contribution in [0.1, 0.15) is 135 Å². The molecule has 0 bridgehead atoms. The summed E-state index contributed by atoms with van der Waals surface area (Å²) in [5.41, 5.74) is 7.87. The predicted octanol–water partition coefficient (Wildman–Crippen LogP) is 11.8. The summed E-state index contributed by atoms with van der Waals surface area (Å²) in [6.07, 6.45) is 28.6. The molecule has 0 spiro atoms. The molecule has 2 aromatic carbocycles. The van der Waals surface area contributed by atoms with Crippen molar-refractivity contribution in [2.75, 3.05) is 0 Å². The van der Waals surface area contributed by atoms with E-state index in [2.05, 4.69) is 48.6 Å². The van der Waals surface area contributed by atoms with Gasteiger partial charge in [-0.1, -0.05) is 112 Å². The quantitative estimate of drug-likeness (QED) is 0.300. The van der Waals surface area contributed by atoms with E-state index in [4.69, 9.17) is 23.2 Å². The highest BCUT2D eigenvalue weighted by Gasteiger charge is 2.38. The summed E-state index contributed by atoms with van der Waals surface area (Å²) in [5.74, 6) is 4.73. The minimum absolute atomic E-state index is 0.627. The zero-order chi connectivity index (χ0) is 25.6. The largest absolute Gasteiger partial charge is 0.0840 e. The number of fused-ring (bicyclic) bond motifs is 4. The Bertz CT molecular complexity index is 1150. The lowest BCUT2D eigenvalue weighted by Crippen LogP contribution is -2.30. The number of benzene rings is 2. The van der Waals surface area contributed by atoms with Gasteiger partial charge in [0.05, 0.1) is 0 Å². The van der Waals surface area contributed by atoms with Gasteiger partial charge in [0.15, 0.2) is 0 Å². The van der Waals surface area contributed by atoms with Crippen molar-refractivity contribution in [2.24, 2.45) is 23.7 Å². The van der Waals surface area contributed by atoms with Crippen molar-refractivity contribution in [3.8, 4) is 0 Å². The summed E-state index contributed by atoms with van der Waals surface area (Å²) in [5, 5.41) is 1.93. The lowest BCUT2D eigenvalue weighted by molar-refractivity contribution is 0.144. The number of hydrogen-bond donors (Lipinski definition) is 0. The summed E-state index contributed by atoms with van der Waals surface area (Å²) < 4.78 is 0. The van der Waals surface area contributed by atoms with E-state index in [0.29, 0.717) is 11.8 Å². The first kappa shape index (κ1) is 25.5. The molecule has 0 aliphatic heterocycles. The molecule has 0 radical (unpaired) electrons. The monoisotopic (exact) mass is 544 g/mol. The third-order valence-electron chi connectivity index (χ3n) is 11.2. The third kappa shape index (κ3) is 4.73. The molecule has 4 saturated carbocycles. The Morgan fingerprint density at radius 2 is 0.789 bits per heavy atom. The van der Waals surface area contributed by atoms with Gasteiger partial charge >= 0.3 is 0 Å². The molecule has 38 heavy (non-hydrogen) atoms. The average molecular weight is 546 g/mol. The topological polar surface area (TPSA) is 0 Å². The van der Waals surface area contributed by atoms with E-state index in [0.717, 1.165) is 33.7 Å². The number of hydrogen-bond acceptors (Lipinski definition) is 0. The highest BCUT2D eigenvalue weighted by molar-refractivity contribution is 6.32. The third-order valence-corrected chi connectivity index (χ3v) is 11.9. The van der Waals surface area contributed by atoms with E-state index >= 15 is 0 Å². The van der Waals surface area contributed by atoms with E-state index < -0.39 is 0 Å². The second-order valence-corrected chi connectivity index (χ2v) is 14.0. The lowest BCUT2D eigenvalue weighted by atomic mass is 9.63. The molecule has 5 aliphatic rings. The van der Waals surface area contributed by atoms with Crippen LogP contribution in [0.3, 0.4) is 0 Å². The highest BCUT2D eigenvalue weighted by Crippen LogP contribution is 2.51. The van der Waals surface area contributed by atoms with Crippen LogP contribution in [0.25, 0.3) is 24.3 Å². The minimum atomic E-state index is 0.627.